The minimum absolute atomic E-state index is 0.268. The van der Waals surface area contributed by atoms with Crippen molar-refractivity contribution < 1.29 is 4.39 Å². The fourth-order valence-electron chi connectivity index (χ4n) is 0.921. The molecule has 0 aliphatic heterocycles. The van der Waals surface area contributed by atoms with Crippen molar-refractivity contribution >= 4 is 29.1 Å². The Balaban J connectivity index is 2.59. The normalized spacial score (nSPS) is 10.1. The lowest BCUT2D eigenvalue weighted by molar-refractivity contribution is 0.628. The Morgan fingerprint density at radius 3 is 3.00 bits per heavy atom. The molecule has 1 rings (SSSR count). The molecular formula is C9H11ClFNS. The average Bonchev–Trinajstić information content (AvgIpc) is 2.11. The minimum atomic E-state index is -0.268. The highest BCUT2D eigenvalue weighted by Gasteiger charge is 2.00. The van der Waals surface area contributed by atoms with Crippen LogP contribution >= 0.6 is 23.4 Å². The van der Waals surface area contributed by atoms with Gasteiger partial charge in [0.05, 0.1) is 10.7 Å². The summed E-state index contributed by atoms with van der Waals surface area (Å²) in [6.45, 7) is 0.796. The summed E-state index contributed by atoms with van der Waals surface area (Å²) in [6, 6.07) is 4.31. The number of hydrogen-bond acceptors (Lipinski definition) is 2. The van der Waals surface area contributed by atoms with Crippen molar-refractivity contribution in [3.63, 3.8) is 0 Å². The summed E-state index contributed by atoms with van der Waals surface area (Å²) in [5.74, 6) is 0.711. The number of anilines is 1. The lowest BCUT2D eigenvalue weighted by Crippen LogP contribution is -2.04. The van der Waals surface area contributed by atoms with Gasteiger partial charge in [0.25, 0.3) is 0 Å². The van der Waals surface area contributed by atoms with Gasteiger partial charge in [-0.05, 0) is 24.5 Å². The zero-order valence-electron chi connectivity index (χ0n) is 7.31. The van der Waals surface area contributed by atoms with E-state index in [0.717, 1.165) is 12.3 Å². The number of rotatable bonds is 4. The van der Waals surface area contributed by atoms with Gasteiger partial charge in [0.1, 0.15) is 5.82 Å². The molecular weight excluding hydrogens is 209 g/mol. The minimum Gasteiger partial charge on any atom is -0.383 e. The quantitative estimate of drug-likeness (QED) is 0.781. The van der Waals surface area contributed by atoms with Crippen molar-refractivity contribution in [2.75, 3.05) is 23.9 Å². The van der Waals surface area contributed by atoms with Crippen LogP contribution in [0.2, 0.25) is 5.02 Å². The maximum Gasteiger partial charge on any atom is 0.125 e. The summed E-state index contributed by atoms with van der Waals surface area (Å²) < 4.78 is 12.8. The first kappa shape index (κ1) is 10.7. The smallest absolute Gasteiger partial charge is 0.125 e. The molecule has 0 unspecified atom stereocenters. The molecule has 1 nitrogen and oxygen atoms in total. The molecule has 0 amide bonds. The zero-order chi connectivity index (χ0) is 9.68. The molecule has 0 aliphatic rings. The Labute approximate surface area is 86.7 Å². The first-order valence-corrected chi connectivity index (χ1v) is 5.69. The van der Waals surface area contributed by atoms with E-state index in [2.05, 4.69) is 5.32 Å². The van der Waals surface area contributed by atoms with Crippen molar-refractivity contribution in [2.45, 2.75) is 0 Å². The predicted octanol–water partition coefficient (Wildman–Crippen LogP) is 3.25. The molecule has 0 aromatic heterocycles. The highest BCUT2D eigenvalue weighted by Crippen LogP contribution is 2.22. The molecule has 0 saturated carbocycles. The van der Waals surface area contributed by atoms with E-state index in [1.807, 2.05) is 6.26 Å². The topological polar surface area (TPSA) is 12.0 Å². The van der Waals surface area contributed by atoms with Crippen LogP contribution in [0.25, 0.3) is 0 Å². The molecule has 0 fully saturated rings. The predicted molar refractivity (Wildman–Crippen MR) is 58.3 cm³/mol. The third kappa shape index (κ3) is 3.44. The molecule has 0 atom stereocenters. The fourth-order valence-corrected chi connectivity index (χ4v) is 1.41. The number of halogens is 2. The first-order chi connectivity index (χ1) is 6.24. The molecule has 0 saturated heterocycles. The number of thioether (sulfide) groups is 1. The third-order valence-corrected chi connectivity index (χ3v) is 2.49. The van der Waals surface area contributed by atoms with Crippen LogP contribution in [0.15, 0.2) is 18.2 Å². The van der Waals surface area contributed by atoms with Gasteiger partial charge in [0, 0.05) is 12.3 Å². The standard InChI is InChI=1S/C9H11ClFNS/c1-13-5-4-12-9-6-7(11)2-3-8(9)10/h2-3,6,12H,4-5H2,1H3. The molecule has 0 heterocycles. The van der Waals surface area contributed by atoms with Gasteiger partial charge in [-0.2, -0.15) is 11.8 Å². The third-order valence-electron chi connectivity index (χ3n) is 1.55. The van der Waals surface area contributed by atoms with Crippen LogP contribution in [0.5, 0.6) is 0 Å². The Bertz CT molecular complexity index is 280. The lowest BCUT2D eigenvalue weighted by Gasteiger charge is -2.06. The van der Waals surface area contributed by atoms with Gasteiger partial charge >= 0.3 is 0 Å². The van der Waals surface area contributed by atoms with E-state index in [0.29, 0.717) is 10.7 Å². The number of benzene rings is 1. The van der Waals surface area contributed by atoms with Gasteiger partial charge in [-0.25, -0.2) is 4.39 Å². The van der Waals surface area contributed by atoms with Gasteiger partial charge in [-0.15, -0.1) is 0 Å². The van der Waals surface area contributed by atoms with Crippen molar-refractivity contribution in [1.82, 2.24) is 0 Å². The second-order valence-corrected chi connectivity index (χ2v) is 3.94. The van der Waals surface area contributed by atoms with Crippen molar-refractivity contribution in [3.05, 3.63) is 29.0 Å². The molecule has 0 spiro atoms. The van der Waals surface area contributed by atoms with Crippen LogP contribution in [0.1, 0.15) is 0 Å². The summed E-state index contributed by atoms with van der Waals surface area (Å²) in [5, 5.41) is 3.62. The molecule has 13 heavy (non-hydrogen) atoms. The highest BCUT2D eigenvalue weighted by atomic mass is 35.5. The van der Waals surface area contributed by atoms with E-state index in [1.54, 1.807) is 17.8 Å². The Kier molecular flexibility index (Phi) is 4.39. The number of hydrogen-bond donors (Lipinski definition) is 1. The zero-order valence-corrected chi connectivity index (χ0v) is 8.88. The van der Waals surface area contributed by atoms with Gasteiger partial charge in [-0.3, -0.25) is 0 Å². The monoisotopic (exact) mass is 219 g/mol. The summed E-state index contributed by atoms with van der Waals surface area (Å²) >= 11 is 7.57. The van der Waals surface area contributed by atoms with Crippen LogP contribution in [-0.4, -0.2) is 18.6 Å². The molecule has 1 aromatic carbocycles. The highest BCUT2D eigenvalue weighted by molar-refractivity contribution is 7.98. The van der Waals surface area contributed by atoms with Crippen LogP contribution in [0.3, 0.4) is 0 Å². The van der Waals surface area contributed by atoms with E-state index in [4.69, 9.17) is 11.6 Å². The van der Waals surface area contributed by atoms with E-state index < -0.39 is 0 Å². The maximum atomic E-state index is 12.8. The second kappa shape index (κ2) is 5.35. The van der Waals surface area contributed by atoms with E-state index >= 15 is 0 Å². The summed E-state index contributed by atoms with van der Waals surface area (Å²) in [6.07, 6.45) is 2.02. The Hall–Kier alpha value is -0.410. The maximum absolute atomic E-state index is 12.8. The first-order valence-electron chi connectivity index (χ1n) is 3.92. The SMILES string of the molecule is CSCCNc1cc(F)ccc1Cl. The van der Waals surface area contributed by atoms with Gasteiger partial charge in [0.2, 0.25) is 0 Å². The van der Waals surface area contributed by atoms with Crippen LogP contribution in [0, 0.1) is 5.82 Å². The second-order valence-electron chi connectivity index (χ2n) is 2.54. The average molecular weight is 220 g/mol. The molecule has 4 heteroatoms. The summed E-state index contributed by atoms with van der Waals surface area (Å²) in [5.41, 5.74) is 0.663. The van der Waals surface area contributed by atoms with Gasteiger partial charge in [-0.1, -0.05) is 11.6 Å². The van der Waals surface area contributed by atoms with E-state index in [9.17, 15) is 4.39 Å². The largest absolute Gasteiger partial charge is 0.383 e. The van der Waals surface area contributed by atoms with Crippen molar-refractivity contribution in [2.24, 2.45) is 0 Å². The van der Waals surface area contributed by atoms with Crippen molar-refractivity contribution in [3.8, 4) is 0 Å². The van der Waals surface area contributed by atoms with E-state index in [1.165, 1.54) is 12.1 Å². The van der Waals surface area contributed by atoms with E-state index in [-0.39, 0.29) is 5.82 Å². The van der Waals surface area contributed by atoms with Crippen LogP contribution in [0.4, 0.5) is 10.1 Å². The molecule has 0 radical (unpaired) electrons. The van der Waals surface area contributed by atoms with Crippen LogP contribution < -0.4 is 5.32 Å². The van der Waals surface area contributed by atoms with Gasteiger partial charge < -0.3 is 5.32 Å². The lowest BCUT2D eigenvalue weighted by atomic mass is 10.3. The molecule has 1 N–H and O–H groups in total. The summed E-state index contributed by atoms with van der Waals surface area (Å²) in [7, 11) is 0. The molecule has 0 aliphatic carbocycles. The Morgan fingerprint density at radius 2 is 2.31 bits per heavy atom. The fraction of sp³-hybridized carbons (Fsp3) is 0.333. The molecule has 72 valence electrons. The summed E-state index contributed by atoms with van der Waals surface area (Å²) in [4.78, 5) is 0. The van der Waals surface area contributed by atoms with Crippen LogP contribution in [-0.2, 0) is 0 Å². The molecule has 0 bridgehead atoms. The van der Waals surface area contributed by atoms with Crippen molar-refractivity contribution in [1.29, 1.82) is 0 Å². The number of nitrogens with one attached hydrogen (secondary N) is 1. The Morgan fingerprint density at radius 1 is 1.54 bits per heavy atom. The molecule has 1 aromatic rings. The van der Waals surface area contributed by atoms with Gasteiger partial charge in [0.15, 0.2) is 0 Å².